The van der Waals surface area contributed by atoms with Gasteiger partial charge in [0.25, 0.3) is 0 Å². The summed E-state index contributed by atoms with van der Waals surface area (Å²) >= 11 is 0. The lowest BCUT2D eigenvalue weighted by atomic mass is 10.0. The van der Waals surface area contributed by atoms with Crippen molar-refractivity contribution >= 4 is 5.97 Å². The summed E-state index contributed by atoms with van der Waals surface area (Å²) in [6, 6.07) is 5.61. The van der Waals surface area contributed by atoms with Crippen LogP contribution in [0.25, 0.3) is 11.3 Å². The van der Waals surface area contributed by atoms with Gasteiger partial charge in [-0.05, 0) is 31.0 Å². The van der Waals surface area contributed by atoms with Crippen molar-refractivity contribution in [3.63, 3.8) is 0 Å². The number of rotatable bonds is 4. The molecule has 5 nitrogen and oxygen atoms in total. The van der Waals surface area contributed by atoms with E-state index in [0.29, 0.717) is 17.0 Å². The third kappa shape index (κ3) is 2.31. The number of nitrogens with zero attached hydrogens (tertiary/aromatic N) is 1. The Bertz CT molecular complexity index is 616. The second kappa shape index (κ2) is 5.14. The maximum Gasteiger partial charge on any atom is 0.341 e. The Hall–Kier alpha value is -2.30. The van der Waals surface area contributed by atoms with Crippen LogP contribution in [0.5, 0.6) is 5.75 Å². The van der Waals surface area contributed by atoms with Gasteiger partial charge in [0.15, 0.2) is 5.76 Å². The van der Waals surface area contributed by atoms with Gasteiger partial charge in [-0.3, -0.25) is 0 Å². The molecular formula is C14H15NO4. The van der Waals surface area contributed by atoms with Gasteiger partial charge in [0.05, 0.1) is 18.4 Å². The molecule has 0 radical (unpaired) electrons. The second-order valence-electron chi connectivity index (χ2n) is 4.17. The van der Waals surface area contributed by atoms with Crippen molar-refractivity contribution in [2.24, 2.45) is 0 Å². The van der Waals surface area contributed by atoms with Gasteiger partial charge in [-0.1, -0.05) is 18.1 Å². The highest BCUT2D eigenvalue weighted by atomic mass is 16.5. The smallest absolute Gasteiger partial charge is 0.341 e. The van der Waals surface area contributed by atoms with Gasteiger partial charge >= 0.3 is 5.97 Å². The number of benzene rings is 1. The highest BCUT2D eigenvalue weighted by molar-refractivity contribution is 5.96. The molecule has 1 aromatic carbocycles. The molecule has 0 saturated heterocycles. The highest BCUT2D eigenvalue weighted by Crippen LogP contribution is 2.34. The molecule has 0 spiro atoms. The normalized spacial score (nSPS) is 10.5. The summed E-state index contributed by atoms with van der Waals surface area (Å²) in [4.78, 5) is 11.3. The molecule has 0 unspecified atom stereocenters. The Morgan fingerprint density at radius 3 is 2.79 bits per heavy atom. The third-order valence-corrected chi connectivity index (χ3v) is 2.99. The fourth-order valence-corrected chi connectivity index (χ4v) is 1.96. The van der Waals surface area contributed by atoms with Crippen molar-refractivity contribution in [3.05, 3.63) is 35.0 Å². The Kier molecular flexibility index (Phi) is 3.55. The SMILES string of the molecule is CCc1ccc(OC)c(-c2onc(C)c2C(=O)O)c1. The van der Waals surface area contributed by atoms with Crippen LogP contribution in [0.15, 0.2) is 22.7 Å². The van der Waals surface area contributed by atoms with Crippen LogP contribution < -0.4 is 4.74 Å². The standard InChI is InChI=1S/C14H15NO4/c1-4-9-5-6-11(18-3)10(7-9)13-12(14(16)17)8(2)15-19-13/h5-7H,4H2,1-3H3,(H,16,17). The molecule has 1 N–H and O–H groups in total. The molecule has 2 rings (SSSR count). The number of ether oxygens (including phenoxy) is 1. The minimum absolute atomic E-state index is 0.0755. The predicted octanol–water partition coefficient (Wildman–Crippen LogP) is 2.92. The van der Waals surface area contributed by atoms with Gasteiger partial charge in [0, 0.05) is 0 Å². The van der Waals surface area contributed by atoms with Crippen LogP contribution in [0.1, 0.15) is 28.5 Å². The summed E-state index contributed by atoms with van der Waals surface area (Å²) in [6.07, 6.45) is 0.840. The molecule has 0 aliphatic carbocycles. The van der Waals surface area contributed by atoms with Gasteiger partial charge in [0.1, 0.15) is 11.3 Å². The zero-order valence-corrected chi connectivity index (χ0v) is 11.1. The Labute approximate surface area is 110 Å². The summed E-state index contributed by atoms with van der Waals surface area (Å²) in [6.45, 7) is 3.63. The average Bonchev–Trinajstić information content (AvgIpc) is 2.79. The molecule has 0 atom stereocenters. The van der Waals surface area contributed by atoms with Crippen LogP contribution in [0.3, 0.4) is 0 Å². The fourth-order valence-electron chi connectivity index (χ4n) is 1.96. The number of aromatic carboxylic acids is 1. The number of aromatic nitrogens is 1. The van der Waals surface area contributed by atoms with E-state index in [2.05, 4.69) is 5.16 Å². The highest BCUT2D eigenvalue weighted by Gasteiger charge is 2.23. The molecule has 0 aliphatic rings. The summed E-state index contributed by atoms with van der Waals surface area (Å²) in [5.74, 6) is -0.259. The average molecular weight is 261 g/mol. The molecule has 1 aromatic heterocycles. The number of hydrogen-bond acceptors (Lipinski definition) is 4. The summed E-state index contributed by atoms with van der Waals surface area (Å²) in [5.41, 5.74) is 2.11. The second-order valence-corrected chi connectivity index (χ2v) is 4.17. The van der Waals surface area contributed by atoms with Gasteiger partial charge < -0.3 is 14.4 Å². The number of aryl methyl sites for hydroxylation is 2. The maximum absolute atomic E-state index is 11.3. The first-order valence-electron chi connectivity index (χ1n) is 5.95. The van der Waals surface area contributed by atoms with Crippen LogP contribution in [0.2, 0.25) is 0 Å². The van der Waals surface area contributed by atoms with Crippen molar-refractivity contribution in [1.82, 2.24) is 5.16 Å². The van der Waals surface area contributed by atoms with E-state index >= 15 is 0 Å². The zero-order valence-electron chi connectivity index (χ0n) is 11.1. The lowest BCUT2D eigenvalue weighted by Crippen LogP contribution is -2.00. The van der Waals surface area contributed by atoms with Crippen molar-refractivity contribution in [2.45, 2.75) is 20.3 Å². The van der Waals surface area contributed by atoms with Gasteiger partial charge in [-0.25, -0.2) is 4.79 Å². The van der Waals surface area contributed by atoms with Crippen LogP contribution in [-0.2, 0) is 6.42 Å². The maximum atomic E-state index is 11.3. The topological polar surface area (TPSA) is 72.6 Å². The molecule has 19 heavy (non-hydrogen) atoms. The van der Waals surface area contributed by atoms with E-state index in [0.717, 1.165) is 12.0 Å². The molecule has 0 aliphatic heterocycles. The Morgan fingerprint density at radius 2 is 2.21 bits per heavy atom. The first kappa shape index (κ1) is 13.1. The van der Waals surface area contributed by atoms with Crippen LogP contribution in [0, 0.1) is 6.92 Å². The predicted molar refractivity (Wildman–Crippen MR) is 69.6 cm³/mol. The van der Waals surface area contributed by atoms with Crippen molar-refractivity contribution in [2.75, 3.05) is 7.11 Å². The number of methoxy groups -OCH3 is 1. The van der Waals surface area contributed by atoms with E-state index in [1.54, 1.807) is 13.0 Å². The fraction of sp³-hybridized carbons (Fsp3) is 0.286. The minimum Gasteiger partial charge on any atom is -0.496 e. The van der Waals surface area contributed by atoms with E-state index in [1.807, 2.05) is 19.1 Å². The third-order valence-electron chi connectivity index (χ3n) is 2.99. The molecule has 5 heteroatoms. The van der Waals surface area contributed by atoms with E-state index in [-0.39, 0.29) is 11.3 Å². The van der Waals surface area contributed by atoms with E-state index < -0.39 is 5.97 Å². The molecule has 100 valence electrons. The monoisotopic (exact) mass is 261 g/mol. The quantitative estimate of drug-likeness (QED) is 0.916. The lowest BCUT2D eigenvalue weighted by Gasteiger charge is -2.08. The zero-order chi connectivity index (χ0) is 14.0. The van der Waals surface area contributed by atoms with Gasteiger partial charge in [0.2, 0.25) is 0 Å². The lowest BCUT2D eigenvalue weighted by molar-refractivity contribution is 0.0696. The van der Waals surface area contributed by atoms with Gasteiger partial charge in [-0.2, -0.15) is 0 Å². The summed E-state index contributed by atoms with van der Waals surface area (Å²) < 4.78 is 10.4. The number of carbonyl (C=O) groups is 1. The summed E-state index contributed by atoms with van der Waals surface area (Å²) in [5, 5.41) is 13.0. The number of carboxylic acid groups (broad SMARTS) is 1. The first-order valence-corrected chi connectivity index (χ1v) is 5.95. The van der Waals surface area contributed by atoms with Crippen LogP contribution in [-0.4, -0.2) is 23.3 Å². The largest absolute Gasteiger partial charge is 0.496 e. The molecule has 0 amide bonds. The van der Waals surface area contributed by atoms with E-state index in [9.17, 15) is 9.90 Å². The molecule has 2 aromatic rings. The van der Waals surface area contributed by atoms with E-state index in [1.165, 1.54) is 7.11 Å². The molecular weight excluding hydrogens is 246 g/mol. The van der Waals surface area contributed by atoms with E-state index in [4.69, 9.17) is 9.26 Å². The summed E-state index contributed by atoms with van der Waals surface area (Å²) in [7, 11) is 1.54. The van der Waals surface area contributed by atoms with Gasteiger partial charge in [-0.15, -0.1) is 0 Å². The molecule has 1 heterocycles. The first-order chi connectivity index (χ1) is 9.08. The number of carboxylic acids is 1. The van der Waals surface area contributed by atoms with Crippen LogP contribution in [0.4, 0.5) is 0 Å². The Morgan fingerprint density at radius 1 is 1.47 bits per heavy atom. The van der Waals surface area contributed by atoms with Crippen LogP contribution >= 0.6 is 0 Å². The minimum atomic E-state index is -1.06. The van der Waals surface area contributed by atoms with Crippen molar-refractivity contribution < 1.29 is 19.2 Å². The van der Waals surface area contributed by atoms with Crippen molar-refractivity contribution in [1.29, 1.82) is 0 Å². The molecule has 0 saturated carbocycles. The molecule has 0 bridgehead atoms. The Balaban J connectivity index is 2.67. The molecule has 0 fully saturated rings. The van der Waals surface area contributed by atoms with Crippen molar-refractivity contribution in [3.8, 4) is 17.1 Å². The number of hydrogen-bond donors (Lipinski definition) is 1.